The van der Waals surface area contributed by atoms with Crippen LogP contribution in [0.15, 0.2) is 4.99 Å². The number of guanidine groups is 1. The van der Waals surface area contributed by atoms with E-state index >= 15 is 0 Å². The molecular weight excluding hydrogens is 310 g/mol. The monoisotopic (exact) mass is 351 g/mol. The Morgan fingerprint density at radius 1 is 1.08 bits per heavy atom. The first-order valence-electron chi connectivity index (χ1n) is 10.3. The van der Waals surface area contributed by atoms with Crippen molar-refractivity contribution in [1.82, 2.24) is 20.4 Å². The van der Waals surface area contributed by atoms with Crippen LogP contribution in [0.1, 0.15) is 46.5 Å². The summed E-state index contributed by atoms with van der Waals surface area (Å²) in [6, 6.07) is 0. The predicted molar refractivity (Wildman–Crippen MR) is 108 cm³/mol. The lowest BCUT2D eigenvalue weighted by molar-refractivity contribution is 0.104. The van der Waals surface area contributed by atoms with Crippen molar-refractivity contribution in [2.24, 2.45) is 22.2 Å². The molecule has 1 atom stereocenters. The lowest BCUT2D eigenvalue weighted by atomic mass is 9.64. The Balaban J connectivity index is 1.67. The predicted octanol–water partition coefficient (Wildman–Crippen LogP) is 2.25. The fourth-order valence-corrected chi connectivity index (χ4v) is 4.29. The van der Waals surface area contributed by atoms with Gasteiger partial charge in [0.1, 0.15) is 0 Å². The van der Waals surface area contributed by atoms with Crippen molar-refractivity contribution in [2.75, 3.05) is 59.9 Å². The molecule has 0 radical (unpaired) electrons. The molecule has 2 aliphatic rings. The van der Waals surface area contributed by atoms with Crippen LogP contribution in [0.3, 0.4) is 0 Å². The SMILES string of the molecule is CN=C(NCC(C)CN1CCN(C)CC1)NCC1(CC(C)C)CCC1. The molecule has 25 heavy (non-hydrogen) atoms. The van der Waals surface area contributed by atoms with Gasteiger partial charge in [-0.2, -0.15) is 0 Å². The molecule has 1 unspecified atom stereocenters. The Labute approximate surface area is 155 Å². The van der Waals surface area contributed by atoms with Crippen molar-refractivity contribution in [1.29, 1.82) is 0 Å². The van der Waals surface area contributed by atoms with E-state index in [0.717, 1.165) is 25.0 Å². The third-order valence-corrected chi connectivity index (χ3v) is 5.89. The average molecular weight is 352 g/mol. The zero-order valence-corrected chi connectivity index (χ0v) is 17.3. The topological polar surface area (TPSA) is 42.9 Å². The highest BCUT2D eigenvalue weighted by Gasteiger charge is 2.37. The Hall–Kier alpha value is -0.810. The average Bonchev–Trinajstić information content (AvgIpc) is 2.54. The van der Waals surface area contributed by atoms with Crippen molar-refractivity contribution < 1.29 is 0 Å². The third kappa shape index (κ3) is 6.78. The van der Waals surface area contributed by atoms with Crippen LogP contribution < -0.4 is 10.6 Å². The number of hydrogen-bond acceptors (Lipinski definition) is 3. The van der Waals surface area contributed by atoms with Gasteiger partial charge in [0.15, 0.2) is 5.96 Å². The van der Waals surface area contributed by atoms with Crippen LogP contribution in [0.4, 0.5) is 0 Å². The van der Waals surface area contributed by atoms with Crippen LogP contribution in [-0.4, -0.2) is 75.7 Å². The van der Waals surface area contributed by atoms with Crippen LogP contribution in [0.25, 0.3) is 0 Å². The lowest BCUT2D eigenvalue weighted by Crippen LogP contribution is -2.49. The Morgan fingerprint density at radius 2 is 1.76 bits per heavy atom. The third-order valence-electron chi connectivity index (χ3n) is 5.89. The summed E-state index contributed by atoms with van der Waals surface area (Å²) in [6.45, 7) is 15.0. The summed E-state index contributed by atoms with van der Waals surface area (Å²) in [5.74, 6) is 2.39. The molecule has 2 fully saturated rings. The quantitative estimate of drug-likeness (QED) is 0.520. The van der Waals surface area contributed by atoms with Crippen LogP contribution in [0, 0.1) is 17.3 Å². The summed E-state index contributed by atoms with van der Waals surface area (Å²) in [5, 5.41) is 7.14. The van der Waals surface area contributed by atoms with Crippen molar-refractivity contribution >= 4 is 5.96 Å². The highest BCUT2D eigenvalue weighted by atomic mass is 15.2. The summed E-state index contributed by atoms with van der Waals surface area (Å²) in [6.07, 6.45) is 5.46. The maximum Gasteiger partial charge on any atom is 0.191 e. The van der Waals surface area contributed by atoms with Gasteiger partial charge >= 0.3 is 0 Å². The van der Waals surface area contributed by atoms with Gasteiger partial charge in [0.25, 0.3) is 0 Å². The van der Waals surface area contributed by atoms with Gasteiger partial charge in [-0.3, -0.25) is 4.99 Å². The smallest absolute Gasteiger partial charge is 0.191 e. The van der Waals surface area contributed by atoms with Crippen molar-refractivity contribution in [3.63, 3.8) is 0 Å². The molecule has 0 aromatic heterocycles. The zero-order valence-electron chi connectivity index (χ0n) is 17.3. The number of nitrogens with zero attached hydrogens (tertiary/aromatic N) is 3. The maximum atomic E-state index is 4.43. The van der Waals surface area contributed by atoms with E-state index in [1.165, 1.54) is 58.4 Å². The second-order valence-corrected chi connectivity index (χ2v) is 8.97. The normalized spacial score (nSPS) is 23.4. The fraction of sp³-hybridized carbons (Fsp3) is 0.950. The molecule has 1 saturated heterocycles. The summed E-state index contributed by atoms with van der Waals surface area (Å²) >= 11 is 0. The molecule has 0 aromatic rings. The van der Waals surface area contributed by atoms with E-state index < -0.39 is 0 Å². The van der Waals surface area contributed by atoms with Crippen molar-refractivity contribution in [2.45, 2.75) is 46.5 Å². The minimum absolute atomic E-state index is 0.511. The number of piperazine rings is 1. The van der Waals surface area contributed by atoms with Crippen LogP contribution in [0.5, 0.6) is 0 Å². The van der Waals surface area contributed by atoms with Crippen LogP contribution in [-0.2, 0) is 0 Å². The number of hydrogen-bond donors (Lipinski definition) is 2. The number of likely N-dealkylation sites (N-methyl/N-ethyl adjacent to an activating group) is 1. The first-order valence-corrected chi connectivity index (χ1v) is 10.3. The van der Waals surface area contributed by atoms with E-state index in [-0.39, 0.29) is 0 Å². The van der Waals surface area contributed by atoms with E-state index in [1.54, 1.807) is 0 Å². The first-order chi connectivity index (χ1) is 11.9. The van der Waals surface area contributed by atoms with Gasteiger partial charge in [-0.15, -0.1) is 0 Å². The highest BCUT2D eigenvalue weighted by molar-refractivity contribution is 5.79. The summed E-state index contributed by atoms with van der Waals surface area (Å²) < 4.78 is 0. The van der Waals surface area contributed by atoms with Gasteiger partial charge in [-0.05, 0) is 43.6 Å². The molecule has 0 amide bonds. The summed E-state index contributed by atoms with van der Waals surface area (Å²) in [4.78, 5) is 9.44. The molecular formula is C20H41N5. The molecule has 1 aliphatic heterocycles. The van der Waals surface area contributed by atoms with Gasteiger partial charge in [0, 0.05) is 52.9 Å². The second-order valence-electron chi connectivity index (χ2n) is 8.97. The van der Waals surface area contributed by atoms with Gasteiger partial charge in [0.05, 0.1) is 0 Å². The molecule has 146 valence electrons. The molecule has 2 N–H and O–H groups in total. The van der Waals surface area contributed by atoms with Gasteiger partial charge in [0.2, 0.25) is 0 Å². The zero-order chi connectivity index (χ0) is 18.3. The number of aliphatic imine (C=N–C) groups is 1. The molecule has 5 heteroatoms. The minimum atomic E-state index is 0.511. The van der Waals surface area contributed by atoms with Gasteiger partial charge < -0.3 is 20.4 Å². The Morgan fingerprint density at radius 3 is 2.28 bits per heavy atom. The van der Waals surface area contributed by atoms with E-state index in [9.17, 15) is 0 Å². The Kier molecular flexibility index (Phi) is 8.01. The van der Waals surface area contributed by atoms with Crippen LogP contribution in [0.2, 0.25) is 0 Å². The van der Waals surface area contributed by atoms with E-state index in [0.29, 0.717) is 11.3 Å². The Bertz CT molecular complexity index is 408. The van der Waals surface area contributed by atoms with Gasteiger partial charge in [-0.25, -0.2) is 0 Å². The summed E-state index contributed by atoms with van der Waals surface area (Å²) in [7, 11) is 4.10. The second kappa shape index (κ2) is 9.77. The van der Waals surface area contributed by atoms with E-state index in [2.05, 4.69) is 53.2 Å². The summed E-state index contributed by atoms with van der Waals surface area (Å²) in [5.41, 5.74) is 0.511. The molecule has 0 aromatic carbocycles. The molecule has 2 rings (SSSR count). The maximum absolute atomic E-state index is 4.43. The highest BCUT2D eigenvalue weighted by Crippen LogP contribution is 2.45. The van der Waals surface area contributed by atoms with E-state index in [1.807, 2.05) is 7.05 Å². The molecule has 0 bridgehead atoms. The minimum Gasteiger partial charge on any atom is -0.356 e. The number of rotatable bonds is 8. The van der Waals surface area contributed by atoms with Crippen molar-refractivity contribution in [3.05, 3.63) is 0 Å². The number of nitrogens with one attached hydrogen (secondary N) is 2. The fourth-order valence-electron chi connectivity index (χ4n) is 4.29. The first kappa shape index (κ1) is 20.5. The molecule has 5 nitrogen and oxygen atoms in total. The van der Waals surface area contributed by atoms with Crippen LogP contribution >= 0.6 is 0 Å². The van der Waals surface area contributed by atoms with Gasteiger partial charge in [-0.1, -0.05) is 27.2 Å². The molecule has 0 spiro atoms. The standard InChI is InChI=1S/C20H41N5/c1-17(2)13-20(7-6-8-20)16-23-19(21-4)22-14-18(3)15-25-11-9-24(5)10-12-25/h17-18H,6-16H2,1-5H3,(H2,21,22,23). The molecule has 1 heterocycles. The molecule has 1 aliphatic carbocycles. The lowest BCUT2D eigenvalue weighted by Gasteiger charge is -2.43. The van der Waals surface area contributed by atoms with Crippen molar-refractivity contribution in [3.8, 4) is 0 Å². The molecule has 1 saturated carbocycles. The largest absolute Gasteiger partial charge is 0.356 e. The van der Waals surface area contributed by atoms with E-state index in [4.69, 9.17) is 0 Å².